The Balaban J connectivity index is 2.02. The summed E-state index contributed by atoms with van der Waals surface area (Å²) in [5.41, 5.74) is 0.775. The largest absolute Gasteiger partial charge is 0.490 e. The number of carbonyl (C=O) groups excluding carboxylic acids is 2. The number of imide groups is 1. The Morgan fingerprint density at radius 3 is 2.62 bits per heavy atom. The molecule has 1 heterocycles. The molecule has 1 aliphatic heterocycles. The average molecular weight is 347 g/mol. The summed E-state index contributed by atoms with van der Waals surface area (Å²) in [5, 5.41) is 8.25. The Bertz CT molecular complexity index is 681. The van der Waals surface area contributed by atoms with E-state index < -0.39 is 5.97 Å². The minimum absolute atomic E-state index is 0.0764. The Morgan fingerprint density at radius 2 is 2.00 bits per heavy atom. The van der Waals surface area contributed by atoms with E-state index in [1.807, 2.05) is 0 Å². The van der Waals surface area contributed by atoms with Crippen molar-refractivity contribution in [3.8, 4) is 5.75 Å². The molecule has 6 nitrogen and oxygen atoms in total. The number of amides is 2. The van der Waals surface area contributed by atoms with Gasteiger partial charge in [0.1, 0.15) is 12.4 Å². The maximum Gasteiger partial charge on any atom is 0.303 e. The second-order valence-electron chi connectivity index (χ2n) is 5.00. The summed E-state index contributed by atoms with van der Waals surface area (Å²) >= 11 is 0.860. The lowest BCUT2D eigenvalue weighted by molar-refractivity contribution is -0.137. The van der Waals surface area contributed by atoms with Crippen molar-refractivity contribution in [1.29, 1.82) is 0 Å². The highest BCUT2D eigenvalue weighted by Gasteiger charge is 2.34. The Labute approximate surface area is 143 Å². The maximum atomic E-state index is 12.2. The normalized spacial score (nSPS) is 15.8. The number of hydrogen-bond donors (Lipinski definition) is 1. The molecule has 126 valence electrons. The molecule has 1 aromatic rings. The van der Waals surface area contributed by atoms with Crippen molar-refractivity contribution in [2.75, 3.05) is 13.2 Å². The van der Waals surface area contributed by atoms with Gasteiger partial charge in [-0.1, -0.05) is 24.8 Å². The number of carbonyl (C=O) groups is 3. The van der Waals surface area contributed by atoms with Crippen LogP contribution in [0.4, 0.5) is 4.79 Å². The number of carboxylic acids is 1. The van der Waals surface area contributed by atoms with E-state index in [9.17, 15) is 14.4 Å². The highest BCUT2D eigenvalue weighted by Crippen LogP contribution is 2.32. The molecule has 2 amide bonds. The van der Waals surface area contributed by atoms with E-state index in [2.05, 4.69) is 6.58 Å². The summed E-state index contributed by atoms with van der Waals surface area (Å²) in [6, 6.07) is 7.12. The van der Waals surface area contributed by atoms with Gasteiger partial charge in [0.05, 0.1) is 4.91 Å². The third-order valence-electron chi connectivity index (χ3n) is 3.19. The van der Waals surface area contributed by atoms with E-state index in [0.29, 0.717) is 17.3 Å². The van der Waals surface area contributed by atoms with E-state index in [1.165, 1.54) is 0 Å². The fourth-order valence-corrected chi connectivity index (χ4v) is 2.91. The van der Waals surface area contributed by atoms with E-state index in [0.717, 1.165) is 22.2 Å². The fourth-order valence-electron chi connectivity index (χ4n) is 2.05. The third kappa shape index (κ3) is 4.73. The maximum absolute atomic E-state index is 12.2. The number of carboxylic acid groups (broad SMARTS) is 1. The van der Waals surface area contributed by atoms with Gasteiger partial charge in [-0.15, -0.1) is 0 Å². The summed E-state index contributed by atoms with van der Waals surface area (Å²) in [6.45, 7) is 4.10. The third-order valence-corrected chi connectivity index (χ3v) is 4.10. The molecule has 1 fully saturated rings. The summed E-state index contributed by atoms with van der Waals surface area (Å²) in [6.07, 6.45) is 3.45. The number of nitrogens with zero attached hydrogens (tertiary/aromatic N) is 1. The molecular weight excluding hydrogens is 330 g/mol. The molecular formula is C17H17NO5S. The summed E-state index contributed by atoms with van der Waals surface area (Å²) < 4.78 is 5.38. The molecule has 1 N–H and O–H groups in total. The topological polar surface area (TPSA) is 83.9 Å². The first-order valence-corrected chi connectivity index (χ1v) is 8.14. The molecule has 0 aromatic heterocycles. The van der Waals surface area contributed by atoms with Gasteiger partial charge in [-0.3, -0.25) is 19.3 Å². The van der Waals surface area contributed by atoms with Crippen molar-refractivity contribution in [3.63, 3.8) is 0 Å². The van der Waals surface area contributed by atoms with Gasteiger partial charge >= 0.3 is 5.97 Å². The fraction of sp³-hybridized carbons (Fsp3) is 0.235. The van der Waals surface area contributed by atoms with Crippen LogP contribution in [0.3, 0.4) is 0 Å². The van der Waals surface area contributed by atoms with Crippen LogP contribution in [0.1, 0.15) is 18.4 Å². The molecule has 1 aliphatic rings. The molecule has 1 saturated heterocycles. The lowest BCUT2D eigenvalue weighted by atomic mass is 10.2. The first-order chi connectivity index (χ1) is 11.5. The zero-order chi connectivity index (χ0) is 17.5. The number of ether oxygens (including phenoxy) is 1. The van der Waals surface area contributed by atoms with E-state index >= 15 is 0 Å². The van der Waals surface area contributed by atoms with Crippen LogP contribution in [-0.2, 0) is 9.59 Å². The number of rotatable bonds is 8. The minimum atomic E-state index is -0.948. The van der Waals surface area contributed by atoms with Gasteiger partial charge in [0, 0.05) is 13.0 Å². The average Bonchev–Trinajstić information content (AvgIpc) is 2.81. The Morgan fingerprint density at radius 1 is 1.29 bits per heavy atom. The van der Waals surface area contributed by atoms with Crippen LogP contribution in [0.15, 0.2) is 41.8 Å². The Kier molecular flexibility index (Phi) is 6.20. The first-order valence-electron chi connectivity index (χ1n) is 7.32. The molecule has 1 aromatic carbocycles. The van der Waals surface area contributed by atoms with E-state index in [1.54, 1.807) is 36.4 Å². The van der Waals surface area contributed by atoms with Gasteiger partial charge in [0.2, 0.25) is 0 Å². The predicted octanol–water partition coefficient (Wildman–Crippen LogP) is 3.15. The molecule has 24 heavy (non-hydrogen) atoms. The summed E-state index contributed by atoms with van der Waals surface area (Å²) in [7, 11) is 0. The van der Waals surface area contributed by atoms with Crippen LogP contribution in [0, 0.1) is 0 Å². The van der Waals surface area contributed by atoms with Gasteiger partial charge < -0.3 is 9.84 Å². The lowest BCUT2D eigenvalue weighted by Gasteiger charge is -2.10. The second kappa shape index (κ2) is 8.35. The lowest BCUT2D eigenvalue weighted by Crippen LogP contribution is -2.29. The Hall–Kier alpha value is -2.54. The summed E-state index contributed by atoms with van der Waals surface area (Å²) in [4.78, 5) is 36.0. The highest BCUT2D eigenvalue weighted by molar-refractivity contribution is 8.18. The molecule has 7 heteroatoms. The van der Waals surface area contributed by atoms with Crippen LogP contribution in [0.2, 0.25) is 0 Å². The van der Waals surface area contributed by atoms with Crippen molar-refractivity contribution >= 4 is 35.0 Å². The molecule has 0 bridgehead atoms. The molecule has 0 atom stereocenters. The van der Waals surface area contributed by atoms with Crippen molar-refractivity contribution in [1.82, 2.24) is 4.90 Å². The van der Waals surface area contributed by atoms with Crippen LogP contribution in [0.5, 0.6) is 5.75 Å². The molecule has 0 radical (unpaired) electrons. The van der Waals surface area contributed by atoms with Crippen LogP contribution >= 0.6 is 11.8 Å². The van der Waals surface area contributed by atoms with E-state index in [-0.39, 0.29) is 30.5 Å². The molecule has 0 saturated carbocycles. The van der Waals surface area contributed by atoms with Gasteiger partial charge in [0.15, 0.2) is 0 Å². The van der Waals surface area contributed by atoms with Gasteiger partial charge in [-0.05, 0) is 42.0 Å². The molecule has 0 unspecified atom stereocenters. The smallest absolute Gasteiger partial charge is 0.303 e. The number of thioether (sulfide) groups is 1. The molecule has 0 aliphatic carbocycles. The zero-order valence-electron chi connectivity index (χ0n) is 12.9. The quantitative estimate of drug-likeness (QED) is 0.574. The molecule has 0 spiro atoms. The standard InChI is InChI=1S/C17H17NO5S/c1-2-10-23-13-7-5-12(6-8-13)11-14-16(21)18(17(22)24-14)9-3-4-15(19)20/h2,5-8,11H,1,3-4,9-10H2,(H,19,20). The minimum Gasteiger partial charge on any atom is -0.490 e. The molecule has 2 rings (SSSR count). The van der Waals surface area contributed by atoms with Crippen LogP contribution < -0.4 is 4.74 Å². The predicted molar refractivity (Wildman–Crippen MR) is 91.7 cm³/mol. The number of aliphatic carboxylic acids is 1. The van der Waals surface area contributed by atoms with Crippen molar-refractivity contribution in [3.05, 3.63) is 47.4 Å². The van der Waals surface area contributed by atoms with Gasteiger partial charge in [-0.2, -0.15) is 0 Å². The van der Waals surface area contributed by atoms with E-state index in [4.69, 9.17) is 9.84 Å². The van der Waals surface area contributed by atoms with Crippen LogP contribution in [0.25, 0.3) is 6.08 Å². The second-order valence-corrected chi connectivity index (χ2v) is 5.99. The van der Waals surface area contributed by atoms with Gasteiger partial charge in [-0.25, -0.2) is 0 Å². The van der Waals surface area contributed by atoms with Crippen molar-refractivity contribution < 1.29 is 24.2 Å². The van der Waals surface area contributed by atoms with Gasteiger partial charge in [0.25, 0.3) is 11.1 Å². The van der Waals surface area contributed by atoms with Crippen molar-refractivity contribution in [2.24, 2.45) is 0 Å². The highest BCUT2D eigenvalue weighted by atomic mass is 32.2. The monoisotopic (exact) mass is 347 g/mol. The SMILES string of the molecule is C=CCOc1ccc(C=C2SC(=O)N(CCCC(=O)O)C2=O)cc1. The number of hydrogen-bond acceptors (Lipinski definition) is 5. The zero-order valence-corrected chi connectivity index (χ0v) is 13.8. The van der Waals surface area contributed by atoms with Crippen LogP contribution in [-0.4, -0.2) is 40.3 Å². The first kappa shape index (κ1) is 17.8. The van der Waals surface area contributed by atoms with Crippen molar-refractivity contribution in [2.45, 2.75) is 12.8 Å². The number of benzene rings is 1. The summed E-state index contributed by atoms with van der Waals surface area (Å²) in [5.74, 6) is -0.646.